The first kappa shape index (κ1) is 25.2. The quantitative estimate of drug-likeness (QED) is 0.467. The maximum atomic E-state index is 12.7. The third-order valence-electron chi connectivity index (χ3n) is 6.20. The third kappa shape index (κ3) is 6.56. The van der Waals surface area contributed by atoms with E-state index in [2.05, 4.69) is 19.2 Å². The predicted molar refractivity (Wildman–Crippen MR) is 134 cm³/mol. The maximum Gasteiger partial charge on any atom is 0.309 e. The number of piperidine rings is 1. The molecule has 2 amide bonds. The summed E-state index contributed by atoms with van der Waals surface area (Å²) in [6.07, 6.45) is 3.50. The lowest BCUT2D eigenvalue weighted by molar-refractivity contribution is -0.159. The molecule has 0 aliphatic carbocycles. The number of likely N-dealkylation sites (tertiary alicyclic amines) is 1. The Labute approximate surface area is 202 Å². The summed E-state index contributed by atoms with van der Waals surface area (Å²) in [6.45, 7) is 8.65. The molecule has 2 aromatic carbocycles. The molecule has 0 saturated carbocycles. The fourth-order valence-corrected chi connectivity index (χ4v) is 4.06. The number of nitrogens with one attached hydrogen (secondary N) is 1. The van der Waals surface area contributed by atoms with Crippen molar-refractivity contribution in [2.75, 3.05) is 18.4 Å². The summed E-state index contributed by atoms with van der Waals surface area (Å²) in [6, 6.07) is 15.6. The zero-order valence-electron chi connectivity index (χ0n) is 20.4. The Hall–Kier alpha value is -3.41. The fraction of sp³-hybridized carbons (Fsp3) is 0.393. The number of carbonyl (C=O) groups excluding carboxylic acids is 3. The molecule has 1 N–H and O–H groups in total. The predicted octanol–water partition coefficient (Wildman–Crippen LogP) is 4.94. The van der Waals surface area contributed by atoms with Gasteiger partial charge < -0.3 is 15.0 Å². The maximum absolute atomic E-state index is 12.7. The summed E-state index contributed by atoms with van der Waals surface area (Å²) >= 11 is 0. The van der Waals surface area contributed by atoms with E-state index in [-0.39, 0.29) is 29.6 Å². The Morgan fingerprint density at radius 2 is 1.68 bits per heavy atom. The molecule has 1 unspecified atom stereocenters. The van der Waals surface area contributed by atoms with Gasteiger partial charge in [-0.1, -0.05) is 62.4 Å². The summed E-state index contributed by atoms with van der Waals surface area (Å²) in [5, 5.41) is 2.94. The van der Waals surface area contributed by atoms with Crippen LogP contribution in [0.4, 0.5) is 5.69 Å². The van der Waals surface area contributed by atoms with Crippen molar-refractivity contribution in [1.82, 2.24) is 4.90 Å². The number of hydrogen-bond donors (Lipinski definition) is 1. The van der Waals surface area contributed by atoms with E-state index in [4.69, 9.17) is 4.74 Å². The van der Waals surface area contributed by atoms with E-state index in [1.165, 1.54) is 0 Å². The van der Waals surface area contributed by atoms with Crippen LogP contribution in [0.15, 0.2) is 54.6 Å². The first-order valence-electron chi connectivity index (χ1n) is 11.9. The number of hydrogen-bond acceptors (Lipinski definition) is 4. The van der Waals surface area contributed by atoms with Crippen LogP contribution >= 0.6 is 0 Å². The second-order valence-electron chi connectivity index (χ2n) is 9.11. The number of para-hydroxylation sites is 1. The molecule has 0 aromatic heterocycles. The highest BCUT2D eigenvalue weighted by atomic mass is 16.5. The normalized spacial score (nSPS) is 15.4. The highest BCUT2D eigenvalue weighted by Crippen LogP contribution is 2.28. The van der Waals surface area contributed by atoms with Crippen LogP contribution in [-0.2, 0) is 19.1 Å². The number of rotatable bonds is 7. The number of carbonyl (C=O) groups is 3. The molecule has 0 radical (unpaired) electrons. The SMILES string of the molecule is Cc1cccc(C(C)C)c1NC(=O)C(C)OC(=O)C1CCN(C(=O)/C=C/c2ccccc2)CC1. The van der Waals surface area contributed by atoms with Gasteiger partial charge in [-0.25, -0.2) is 0 Å². The zero-order chi connectivity index (χ0) is 24.7. The zero-order valence-corrected chi connectivity index (χ0v) is 20.4. The first-order chi connectivity index (χ1) is 16.3. The van der Waals surface area contributed by atoms with Crippen molar-refractivity contribution in [2.45, 2.75) is 52.6 Å². The molecule has 1 saturated heterocycles. The summed E-state index contributed by atoms with van der Waals surface area (Å²) in [5.74, 6) is -0.861. The molecular formula is C28H34N2O4. The topological polar surface area (TPSA) is 75.7 Å². The van der Waals surface area contributed by atoms with Crippen molar-refractivity contribution in [3.05, 3.63) is 71.3 Å². The number of aryl methyl sites for hydroxylation is 1. The Balaban J connectivity index is 1.49. The van der Waals surface area contributed by atoms with Gasteiger partial charge in [0.05, 0.1) is 5.92 Å². The van der Waals surface area contributed by atoms with Gasteiger partial charge in [-0.3, -0.25) is 14.4 Å². The second kappa shape index (κ2) is 11.6. The fourth-order valence-electron chi connectivity index (χ4n) is 4.06. The van der Waals surface area contributed by atoms with Crippen molar-refractivity contribution in [1.29, 1.82) is 0 Å². The molecule has 6 nitrogen and oxygen atoms in total. The molecule has 180 valence electrons. The van der Waals surface area contributed by atoms with E-state index >= 15 is 0 Å². The molecule has 34 heavy (non-hydrogen) atoms. The van der Waals surface area contributed by atoms with Gasteiger partial charge in [0.1, 0.15) is 0 Å². The van der Waals surface area contributed by atoms with Crippen LogP contribution in [0.3, 0.4) is 0 Å². The number of anilines is 1. The highest BCUT2D eigenvalue weighted by Gasteiger charge is 2.30. The third-order valence-corrected chi connectivity index (χ3v) is 6.20. The molecule has 1 fully saturated rings. The number of nitrogens with zero attached hydrogens (tertiary/aromatic N) is 1. The molecule has 0 spiro atoms. The average molecular weight is 463 g/mol. The monoisotopic (exact) mass is 462 g/mol. The Bertz CT molecular complexity index is 1040. The van der Waals surface area contributed by atoms with Gasteiger partial charge in [0.2, 0.25) is 5.91 Å². The summed E-state index contributed by atoms with van der Waals surface area (Å²) in [4.78, 5) is 39.6. The van der Waals surface area contributed by atoms with E-state index in [0.717, 1.165) is 22.4 Å². The van der Waals surface area contributed by atoms with Gasteiger partial charge >= 0.3 is 5.97 Å². The van der Waals surface area contributed by atoms with Gasteiger partial charge in [-0.05, 0) is 55.4 Å². The molecule has 1 heterocycles. The molecule has 0 bridgehead atoms. The molecule has 2 aromatic rings. The lowest BCUT2D eigenvalue weighted by Gasteiger charge is -2.30. The summed E-state index contributed by atoms with van der Waals surface area (Å²) < 4.78 is 5.50. The Morgan fingerprint density at radius 1 is 1.00 bits per heavy atom. The van der Waals surface area contributed by atoms with Crippen molar-refractivity contribution in [3.8, 4) is 0 Å². The van der Waals surface area contributed by atoms with Crippen LogP contribution in [0.5, 0.6) is 0 Å². The molecule has 1 aliphatic rings. The molecule has 3 rings (SSSR count). The van der Waals surface area contributed by atoms with Gasteiger partial charge in [0.25, 0.3) is 5.91 Å². The van der Waals surface area contributed by atoms with Crippen molar-refractivity contribution >= 4 is 29.5 Å². The number of amides is 2. The van der Waals surface area contributed by atoms with E-state index in [0.29, 0.717) is 25.9 Å². The lowest BCUT2D eigenvalue weighted by Crippen LogP contribution is -2.41. The van der Waals surface area contributed by atoms with Crippen LogP contribution in [0.25, 0.3) is 6.08 Å². The van der Waals surface area contributed by atoms with Crippen LogP contribution in [0, 0.1) is 12.8 Å². The minimum absolute atomic E-state index is 0.0670. The standard InChI is InChI=1S/C28H34N2O4/c1-19(2)24-12-8-9-20(3)26(24)29-27(32)21(4)34-28(33)23-15-17-30(18-16-23)25(31)14-13-22-10-6-5-7-11-22/h5-14,19,21,23H,15-18H2,1-4H3,(H,29,32)/b14-13+. The van der Waals surface area contributed by atoms with Crippen LogP contribution in [-0.4, -0.2) is 41.9 Å². The summed E-state index contributed by atoms with van der Waals surface area (Å²) in [7, 11) is 0. The van der Waals surface area contributed by atoms with Gasteiger partial charge in [0.15, 0.2) is 6.10 Å². The molecule has 6 heteroatoms. The average Bonchev–Trinajstić information content (AvgIpc) is 2.84. The summed E-state index contributed by atoms with van der Waals surface area (Å²) in [5.41, 5.74) is 3.76. The Kier molecular flexibility index (Phi) is 8.63. The highest BCUT2D eigenvalue weighted by molar-refractivity contribution is 5.96. The van der Waals surface area contributed by atoms with E-state index in [1.807, 2.05) is 55.5 Å². The molecule has 1 atom stereocenters. The van der Waals surface area contributed by atoms with Crippen LogP contribution < -0.4 is 5.32 Å². The largest absolute Gasteiger partial charge is 0.452 e. The minimum atomic E-state index is -0.902. The smallest absolute Gasteiger partial charge is 0.309 e. The molecular weight excluding hydrogens is 428 g/mol. The van der Waals surface area contributed by atoms with E-state index in [9.17, 15) is 14.4 Å². The second-order valence-corrected chi connectivity index (χ2v) is 9.11. The number of esters is 1. The van der Waals surface area contributed by atoms with E-state index < -0.39 is 6.10 Å². The van der Waals surface area contributed by atoms with E-state index in [1.54, 1.807) is 24.0 Å². The van der Waals surface area contributed by atoms with Gasteiger partial charge in [0, 0.05) is 24.9 Å². The van der Waals surface area contributed by atoms with Crippen molar-refractivity contribution < 1.29 is 19.1 Å². The van der Waals surface area contributed by atoms with Crippen molar-refractivity contribution in [3.63, 3.8) is 0 Å². The van der Waals surface area contributed by atoms with Gasteiger partial charge in [-0.15, -0.1) is 0 Å². The van der Waals surface area contributed by atoms with Crippen LogP contribution in [0.1, 0.15) is 56.2 Å². The minimum Gasteiger partial charge on any atom is -0.452 e. The van der Waals surface area contributed by atoms with Gasteiger partial charge in [-0.2, -0.15) is 0 Å². The number of benzene rings is 2. The number of ether oxygens (including phenoxy) is 1. The van der Waals surface area contributed by atoms with Crippen LogP contribution in [0.2, 0.25) is 0 Å². The van der Waals surface area contributed by atoms with Crippen molar-refractivity contribution in [2.24, 2.45) is 5.92 Å². The molecule has 1 aliphatic heterocycles. The first-order valence-corrected chi connectivity index (χ1v) is 11.9. The lowest BCUT2D eigenvalue weighted by atomic mass is 9.96. The Morgan fingerprint density at radius 3 is 2.32 bits per heavy atom.